The van der Waals surface area contributed by atoms with Crippen molar-refractivity contribution in [2.24, 2.45) is 11.8 Å². The topological polar surface area (TPSA) is 42.7 Å². The molecule has 2 aromatic rings. The number of likely N-dealkylation sites (tertiary alicyclic amines) is 1. The molecule has 1 amide bonds. The molecule has 0 unspecified atom stereocenters. The number of amides is 1. The minimum atomic E-state index is 0.0479. The lowest BCUT2D eigenvalue weighted by atomic mass is 9.75. The summed E-state index contributed by atoms with van der Waals surface area (Å²) in [5.74, 6) is 2.83. The molecule has 4 heteroatoms. The van der Waals surface area contributed by atoms with Crippen LogP contribution in [0, 0.1) is 18.8 Å². The zero-order valence-corrected chi connectivity index (χ0v) is 14.5. The molecule has 0 bridgehead atoms. The Bertz CT molecular complexity index is 764. The molecule has 0 radical (unpaired) electrons. The third kappa shape index (κ3) is 2.58. The molecule has 0 N–H and O–H groups in total. The van der Waals surface area contributed by atoms with Crippen LogP contribution in [0.2, 0.25) is 0 Å². The lowest BCUT2D eigenvalue weighted by molar-refractivity contribution is 0.0493. The van der Waals surface area contributed by atoms with Crippen molar-refractivity contribution in [3.05, 3.63) is 29.5 Å². The number of rotatable bonds is 2. The monoisotopic (exact) mass is 327 g/mol. The number of nitrogens with zero attached hydrogens (tertiary/aromatic N) is 1. The average Bonchev–Trinajstić information content (AvgIpc) is 2.96. The minimum Gasteiger partial charge on any atom is -0.497 e. The maximum absolute atomic E-state index is 13.0. The van der Waals surface area contributed by atoms with E-state index in [1.807, 2.05) is 30.0 Å². The third-order valence-corrected chi connectivity index (χ3v) is 5.92. The van der Waals surface area contributed by atoms with E-state index in [9.17, 15) is 4.79 Å². The Morgan fingerprint density at radius 2 is 2.00 bits per heavy atom. The number of hydrogen-bond donors (Lipinski definition) is 0. The van der Waals surface area contributed by atoms with Gasteiger partial charge in [0.05, 0.1) is 7.11 Å². The molecule has 0 spiro atoms. The van der Waals surface area contributed by atoms with Crippen LogP contribution in [0.5, 0.6) is 5.75 Å². The van der Waals surface area contributed by atoms with E-state index in [0.29, 0.717) is 11.7 Å². The van der Waals surface area contributed by atoms with Crippen LogP contribution in [-0.4, -0.2) is 31.0 Å². The molecule has 1 aromatic heterocycles. The first-order valence-corrected chi connectivity index (χ1v) is 9.04. The van der Waals surface area contributed by atoms with Gasteiger partial charge in [0, 0.05) is 24.0 Å². The van der Waals surface area contributed by atoms with Gasteiger partial charge in [-0.15, -0.1) is 0 Å². The van der Waals surface area contributed by atoms with Gasteiger partial charge in [-0.1, -0.05) is 19.3 Å². The van der Waals surface area contributed by atoms with Crippen LogP contribution in [0.1, 0.15) is 48.2 Å². The van der Waals surface area contributed by atoms with Gasteiger partial charge in [-0.3, -0.25) is 4.79 Å². The van der Waals surface area contributed by atoms with E-state index in [-0.39, 0.29) is 5.91 Å². The Morgan fingerprint density at radius 3 is 2.79 bits per heavy atom. The summed E-state index contributed by atoms with van der Waals surface area (Å²) in [6.07, 6.45) is 6.43. The maximum atomic E-state index is 13.0. The van der Waals surface area contributed by atoms with Crippen LogP contribution in [-0.2, 0) is 0 Å². The zero-order chi connectivity index (χ0) is 16.7. The van der Waals surface area contributed by atoms with Crippen LogP contribution < -0.4 is 4.74 Å². The molecule has 2 atom stereocenters. The molecule has 128 valence electrons. The zero-order valence-electron chi connectivity index (χ0n) is 14.5. The van der Waals surface area contributed by atoms with E-state index in [2.05, 4.69) is 0 Å². The number of piperidine rings is 1. The van der Waals surface area contributed by atoms with Gasteiger partial charge in [0.1, 0.15) is 11.3 Å². The van der Waals surface area contributed by atoms with E-state index in [4.69, 9.17) is 9.15 Å². The van der Waals surface area contributed by atoms with E-state index in [0.717, 1.165) is 47.7 Å². The molecular weight excluding hydrogens is 302 g/mol. The summed E-state index contributed by atoms with van der Waals surface area (Å²) in [7, 11) is 1.65. The summed E-state index contributed by atoms with van der Waals surface area (Å²) in [5, 5.41) is 0.963. The lowest BCUT2D eigenvalue weighted by Gasteiger charge is -2.41. The Balaban J connectivity index is 1.60. The van der Waals surface area contributed by atoms with Gasteiger partial charge in [-0.2, -0.15) is 0 Å². The van der Waals surface area contributed by atoms with Crippen molar-refractivity contribution >= 4 is 16.9 Å². The van der Waals surface area contributed by atoms with Gasteiger partial charge < -0.3 is 14.1 Å². The van der Waals surface area contributed by atoms with Gasteiger partial charge in [0.25, 0.3) is 5.91 Å². The largest absolute Gasteiger partial charge is 0.497 e. The average molecular weight is 327 g/mol. The van der Waals surface area contributed by atoms with Crippen molar-refractivity contribution in [3.63, 3.8) is 0 Å². The van der Waals surface area contributed by atoms with Crippen LogP contribution in [0.4, 0.5) is 0 Å². The number of carbonyl (C=O) groups excluding carboxylic acids is 1. The van der Waals surface area contributed by atoms with Gasteiger partial charge in [-0.25, -0.2) is 0 Å². The highest BCUT2D eigenvalue weighted by atomic mass is 16.5. The van der Waals surface area contributed by atoms with Crippen LogP contribution in [0.3, 0.4) is 0 Å². The highest BCUT2D eigenvalue weighted by Crippen LogP contribution is 2.37. The van der Waals surface area contributed by atoms with Gasteiger partial charge in [-0.05, 0) is 49.8 Å². The van der Waals surface area contributed by atoms with E-state index >= 15 is 0 Å². The summed E-state index contributed by atoms with van der Waals surface area (Å²) >= 11 is 0. The van der Waals surface area contributed by atoms with Crippen LogP contribution in [0.25, 0.3) is 11.0 Å². The highest BCUT2D eigenvalue weighted by molar-refractivity contribution is 5.99. The fraction of sp³-hybridized carbons (Fsp3) is 0.550. The normalized spacial score (nSPS) is 24.0. The molecule has 24 heavy (non-hydrogen) atoms. The predicted molar refractivity (Wildman–Crippen MR) is 93.5 cm³/mol. The Hall–Kier alpha value is -1.97. The summed E-state index contributed by atoms with van der Waals surface area (Å²) in [4.78, 5) is 15.0. The molecule has 2 aliphatic rings. The van der Waals surface area contributed by atoms with E-state index in [1.165, 1.54) is 25.7 Å². The van der Waals surface area contributed by atoms with Crippen molar-refractivity contribution < 1.29 is 13.9 Å². The first kappa shape index (κ1) is 15.6. The van der Waals surface area contributed by atoms with Crippen molar-refractivity contribution in [3.8, 4) is 5.75 Å². The van der Waals surface area contributed by atoms with Gasteiger partial charge in [0.15, 0.2) is 5.76 Å². The number of ether oxygens (including phenoxy) is 1. The Kier molecular flexibility index (Phi) is 3.99. The SMILES string of the molecule is COc1ccc2oc(C(=O)N3CC[C@@H]4CCCC[C@@H]4C3)c(C)c2c1. The smallest absolute Gasteiger partial charge is 0.289 e. The van der Waals surface area contributed by atoms with Crippen LogP contribution >= 0.6 is 0 Å². The number of hydrogen-bond acceptors (Lipinski definition) is 3. The van der Waals surface area contributed by atoms with E-state index in [1.54, 1.807) is 7.11 Å². The molecule has 2 heterocycles. The first-order chi connectivity index (χ1) is 11.7. The number of carbonyl (C=O) groups is 1. The molecule has 2 fully saturated rings. The van der Waals surface area contributed by atoms with E-state index < -0.39 is 0 Å². The molecule has 1 aliphatic heterocycles. The molecule has 1 aromatic carbocycles. The molecular formula is C20H25NO3. The summed E-state index contributed by atoms with van der Waals surface area (Å²) in [6, 6.07) is 5.69. The lowest BCUT2D eigenvalue weighted by Crippen LogP contribution is -2.44. The molecule has 4 rings (SSSR count). The minimum absolute atomic E-state index is 0.0479. The first-order valence-electron chi connectivity index (χ1n) is 9.04. The van der Waals surface area contributed by atoms with Gasteiger partial charge >= 0.3 is 0 Å². The van der Waals surface area contributed by atoms with Crippen molar-refractivity contribution in [2.75, 3.05) is 20.2 Å². The number of benzene rings is 1. The third-order valence-electron chi connectivity index (χ3n) is 5.92. The van der Waals surface area contributed by atoms with Gasteiger partial charge in [0.2, 0.25) is 0 Å². The fourth-order valence-corrected chi connectivity index (χ4v) is 4.46. The quantitative estimate of drug-likeness (QED) is 0.821. The second kappa shape index (κ2) is 6.15. The molecule has 1 saturated carbocycles. The van der Waals surface area contributed by atoms with Crippen LogP contribution in [0.15, 0.2) is 22.6 Å². The highest BCUT2D eigenvalue weighted by Gasteiger charge is 2.34. The fourth-order valence-electron chi connectivity index (χ4n) is 4.46. The molecule has 1 aliphatic carbocycles. The second-order valence-electron chi connectivity index (χ2n) is 7.26. The number of furan rings is 1. The number of aryl methyl sites for hydroxylation is 1. The Morgan fingerprint density at radius 1 is 1.21 bits per heavy atom. The maximum Gasteiger partial charge on any atom is 0.289 e. The van der Waals surface area contributed by atoms with Crippen molar-refractivity contribution in [1.82, 2.24) is 4.90 Å². The molecule has 1 saturated heterocycles. The standard InChI is InChI=1S/C20H25NO3/c1-13-17-11-16(23-2)7-8-18(17)24-19(13)20(22)21-10-9-14-5-3-4-6-15(14)12-21/h7-8,11,14-15H,3-6,9-10,12H2,1-2H3/t14-,15+/m0/s1. The Labute approximate surface area is 142 Å². The summed E-state index contributed by atoms with van der Waals surface area (Å²) < 4.78 is 11.2. The molecule has 4 nitrogen and oxygen atoms in total. The summed E-state index contributed by atoms with van der Waals surface area (Å²) in [6.45, 7) is 3.72. The predicted octanol–water partition coefficient (Wildman–Crippen LogP) is 4.40. The van der Waals surface area contributed by atoms with Crippen molar-refractivity contribution in [2.45, 2.75) is 39.0 Å². The summed E-state index contributed by atoms with van der Waals surface area (Å²) in [5.41, 5.74) is 1.67. The number of fused-ring (bicyclic) bond motifs is 2. The number of methoxy groups -OCH3 is 1. The second-order valence-corrected chi connectivity index (χ2v) is 7.26. The van der Waals surface area contributed by atoms with Crippen molar-refractivity contribution in [1.29, 1.82) is 0 Å².